The predicted octanol–water partition coefficient (Wildman–Crippen LogP) is 0.0510. The van der Waals surface area contributed by atoms with Gasteiger partial charge >= 0.3 is 5.97 Å². The smallest absolute Gasteiger partial charge is 0.308 e. The summed E-state index contributed by atoms with van der Waals surface area (Å²) in [5.41, 5.74) is 0. The van der Waals surface area contributed by atoms with Crippen molar-refractivity contribution in [3.05, 3.63) is 6.20 Å². The predicted molar refractivity (Wildman–Crippen MR) is 36.2 cm³/mol. The third kappa shape index (κ3) is 1.49. The molecule has 0 aromatic carbocycles. The molecule has 0 aliphatic rings. The normalized spacial score (nSPS) is 9.64. The zero-order valence-electron chi connectivity index (χ0n) is 6.24. The van der Waals surface area contributed by atoms with Gasteiger partial charge in [-0.25, -0.2) is 4.68 Å². The van der Waals surface area contributed by atoms with Gasteiger partial charge in [0, 0.05) is 14.0 Å². The summed E-state index contributed by atoms with van der Waals surface area (Å²) in [6, 6.07) is 0. The Bertz CT molecular complexity index is 279. The second-order valence-corrected chi connectivity index (χ2v) is 2.05. The summed E-state index contributed by atoms with van der Waals surface area (Å²) >= 11 is 0. The maximum absolute atomic E-state index is 10.4. The van der Waals surface area contributed by atoms with Gasteiger partial charge in [0.15, 0.2) is 0 Å². The number of rotatable bonds is 1. The summed E-state index contributed by atoms with van der Waals surface area (Å²) < 4.78 is 5.80. The summed E-state index contributed by atoms with van der Waals surface area (Å²) in [5.74, 6) is -0.548. The highest BCUT2D eigenvalue weighted by Gasteiger charge is 2.08. The van der Waals surface area contributed by atoms with Crippen LogP contribution in [0.15, 0.2) is 6.20 Å². The first-order valence-corrected chi connectivity index (χ1v) is 3.00. The van der Waals surface area contributed by atoms with Crippen LogP contribution in [0.25, 0.3) is 0 Å². The van der Waals surface area contributed by atoms with Crippen LogP contribution in [0.4, 0.5) is 0 Å². The van der Waals surface area contributed by atoms with Crippen LogP contribution in [-0.2, 0) is 11.8 Å². The Hall–Kier alpha value is -1.52. The Kier molecular flexibility index (Phi) is 1.80. The molecule has 0 aliphatic heterocycles. The number of esters is 1. The fraction of sp³-hybridized carbons (Fsp3) is 0.333. The quantitative estimate of drug-likeness (QED) is 0.583. The van der Waals surface area contributed by atoms with Gasteiger partial charge in [0.2, 0.25) is 5.75 Å². The van der Waals surface area contributed by atoms with E-state index in [1.807, 2.05) is 0 Å². The molecule has 0 bridgehead atoms. The van der Waals surface area contributed by atoms with Gasteiger partial charge in [-0.2, -0.15) is 5.10 Å². The third-order valence-electron chi connectivity index (χ3n) is 1.13. The van der Waals surface area contributed by atoms with E-state index in [0.29, 0.717) is 0 Å². The lowest BCUT2D eigenvalue weighted by atomic mass is 10.6. The van der Waals surface area contributed by atoms with Gasteiger partial charge in [-0.15, -0.1) is 0 Å². The number of hydrogen-bond donors (Lipinski definition) is 1. The van der Waals surface area contributed by atoms with E-state index in [-0.39, 0.29) is 11.6 Å². The minimum absolute atomic E-state index is 0.0833. The summed E-state index contributed by atoms with van der Waals surface area (Å²) in [4.78, 5) is 10.4. The summed E-state index contributed by atoms with van der Waals surface area (Å²) in [6.07, 6.45) is 1.27. The summed E-state index contributed by atoms with van der Waals surface area (Å²) in [5, 5.41) is 12.8. The van der Waals surface area contributed by atoms with Gasteiger partial charge in [0.1, 0.15) is 0 Å². The lowest BCUT2D eigenvalue weighted by Crippen LogP contribution is -2.00. The molecule has 0 fully saturated rings. The zero-order valence-corrected chi connectivity index (χ0v) is 6.24. The van der Waals surface area contributed by atoms with Crippen molar-refractivity contribution in [3.8, 4) is 11.6 Å². The van der Waals surface area contributed by atoms with Gasteiger partial charge in [-0.3, -0.25) is 4.79 Å². The van der Waals surface area contributed by atoms with Gasteiger partial charge in [0.25, 0.3) is 5.88 Å². The van der Waals surface area contributed by atoms with Crippen molar-refractivity contribution in [1.29, 1.82) is 0 Å². The Morgan fingerprint density at radius 3 is 2.82 bits per heavy atom. The molecule has 60 valence electrons. The van der Waals surface area contributed by atoms with E-state index in [1.165, 1.54) is 17.8 Å². The van der Waals surface area contributed by atoms with E-state index in [4.69, 9.17) is 5.11 Å². The molecule has 11 heavy (non-hydrogen) atoms. The lowest BCUT2D eigenvalue weighted by molar-refractivity contribution is -0.132. The van der Waals surface area contributed by atoms with Crippen molar-refractivity contribution in [3.63, 3.8) is 0 Å². The average molecular weight is 156 g/mol. The van der Waals surface area contributed by atoms with Crippen molar-refractivity contribution in [1.82, 2.24) is 9.78 Å². The molecule has 1 rings (SSSR count). The fourth-order valence-corrected chi connectivity index (χ4v) is 0.638. The lowest BCUT2D eigenvalue weighted by Gasteiger charge is -1.96. The van der Waals surface area contributed by atoms with Crippen LogP contribution >= 0.6 is 0 Å². The standard InChI is InChI=1S/C6H8N2O3/c1-4(9)11-5-3-7-8(2)6(5)10/h3,10H,1-2H3. The van der Waals surface area contributed by atoms with Crippen LogP contribution in [0.1, 0.15) is 6.92 Å². The summed E-state index contributed by atoms with van der Waals surface area (Å²) in [6.45, 7) is 1.26. The van der Waals surface area contributed by atoms with E-state index in [0.717, 1.165) is 0 Å². The van der Waals surface area contributed by atoms with Crippen LogP contribution < -0.4 is 4.74 Å². The SMILES string of the molecule is CC(=O)Oc1cnn(C)c1O. The second kappa shape index (κ2) is 2.61. The van der Waals surface area contributed by atoms with Gasteiger partial charge in [-0.1, -0.05) is 0 Å². The molecule has 5 nitrogen and oxygen atoms in total. The Morgan fingerprint density at radius 1 is 1.82 bits per heavy atom. The number of aromatic nitrogens is 2. The molecule has 1 heterocycles. The van der Waals surface area contributed by atoms with Crippen LogP contribution in [0, 0.1) is 0 Å². The zero-order chi connectivity index (χ0) is 8.43. The van der Waals surface area contributed by atoms with Gasteiger partial charge in [0.05, 0.1) is 6.20 Å². The van der Waals surface area contributed by atoms with Crippen molar-refractivity contribution in [2.75, 3.05) is 0 Å². The van der Waals surface area contributed by atoms with Crippen LogP contribution in [-0.4, -0.2) is 20.9 Å². The molecule has 1 aromatic rings. The van der Waals surface area contributed by atoms with Gasteiger partial charge < -0.3 is 9.84 Å². The van der Waals surface area contributed by atoms with E-state index in [1.54, 1.807) is 7.05 Å². The first-order chi connectivity index (χ1) is 5.11. The van der Waals surface area contributed by atoms with E-state index >= 15 is 0 Å². The number of nitrogens with zero attached hydrogens (tertiary/aromatic N) is 2. The molecule has 0 amide bonds. The molecule has 0 saturated carbocycles. The highest BCUT2D eigenvalue weighted by atomic mass is 16.5. The number of ether oxygens (including phenoxy) is 1. The van der Waals surface area contributed by atoms with E-state index in [2.05, 4.69) is 9.84 Å². The maximum Gasteiger partial charge on any atom is 0.308 e. The Labute approximate surface area is 63.2 Å². The van der Waals surface area contributed by atoms with E-state index in [9.17, 15) is 4.79 Å². The van der Waals surface area contributed by atoms with Crippen molar-refractivity contribution in [2.24, 2.45) is 7.05 Å². The first-order valence-electron chi connectivity index (χ1n) is 3.00. The maximum atomic E-state index is 10.4. The fourth-order valence-electron chi connectivity index (χ4n) is 0.638. The number of carbonyl (C=O) groups excluding carboxylic acids is 1. The van der Waals surface area contributed by atoms with Crippen molar-refractivity contribution < 1.29 is 14.6 Å². The number of aromatic hydroxyl groups is 1. The molecule has 0 aliphatic carbocycles. The monoisotopic (exact) mass is 156 g/mol. The molecule has 1 aromatic heterocycles. The van der Waals surface area contributed by atoms with E-state index < -0.39 is 5.97 Å². The second-order valence-electron chi connectivity index (χ2n) is 2.05. The van der Waals surface area contributed by atoms with Crippen molar-refractivity contribution >= 4 is 5.97 Å². The van der Waals surface area contributed by atoms with Crippen molar-refractivity contribution in [2.45, 2.75) is 6.92 Å². The number of carbonyl (C=O) groups is 1. The summed E-state index contributed by atoms with van der Waals surface area (Å²) in [7, 11) is 1.54. The highest BCUT2D eigenvalue weighted by Crippen LogP contribution is 2.23. The molecule has 1 N–H and O–H groups in total. The minimum Gasteiger partial charge on any atom is -0.491 e. The largest absolute Gasteiger partial charge is 0.491 e. The third-order valence-corrected chi connectivity index (χ3v) is 1.13. The molecule has 0 atom stereocenters. The average Bonchev–Trinajstić information content (AvgIpc) is 2.18. The van der Waals surface area contributed by atoms with Gasteiger partial charge in [-0.05, 0) is 0 Å². The van der Waals surface area contributed by atoms with Crippen LogP contribution in [0.3, 0.4) is 0 Å². The molecule has 5 heteroatoms. The first kappa shape index (κ1) is 7.59. The Balaban J connectivity index is 2.87. The minimum atomic E-state index is -0.478. The van der Waals surface area contributed by atoms with Crippen LogP contribution in [0.2, 0.25) is 0 Å². The molecule has 0 saturated heterocycles. The Morgan fingerprint density at radius 2 is 2.45 bits per heavy atom. The van der Waals surface area contributed by atoms with Crippen LogP contribution in [0.5, 0.6) is 11.6 Å². The molecular weight excluding hydrogens is 148 g/mol. The molecular formula is C6H8N2O3. The number of aryl methyl sites for hydroxylation is 1. The molecule has 0 unspecified atom stereocenters. The number of hydrogen-bond acceptors (Lipinski definition) is 4. The molecule has 0 spiro atoms. The molecule has 0 radical (unpaired) electrons. The topological polar surface area (TPSA) is 64.3 Å². The highest BCUT2D eigenvalue weighted by molar-refractivity contribution is 5.69.